The van der Waals surface area contributed by atoms with E-state index in [1.165, 1.54) is 6.92 Å². The molecule has 1 atom stereocenters. The lowest BCUT2D eigenvalue weighted by Gasteiger charge is -2.17. The van der Waals surface area contributed by atoms with E-state index in [0.29, 0.717) is 25.6 Å². The summed E-state index contributed by atoms with van der Waals surface area (Å²) < 4.78 is 5.70. The number of carboxylic acids is 2. The Morgan fingerprint density at radius 3 is 2.19 bits per heavy atom. The van der Waals surface area contributed by atoms with Gasteiger partial charge >= 0.3 is 11.9 Å². The maximum Gasteiger partial charge on any atom is 0.414 e. The minimum absolute atomic E-state index is 0.0500. The lowest BCUT2D eigenvalue weighted by atomic mass is 10.0. The van der Waals surface area contributed by atoms with Crippen molar-refractivity contribution in [2.45, 2.75) is 32.8 Å². The molecule has 0 bridgehead atoms. The molecule has 1 amide bonds. The molecule has 0 heterocycles. The maximum atomic E-state index is 10.7. The van der Waals surface area contributed by atoms with Crippen LogP contribution in [-0.4, -0.2) is 65.5 Å². The maximum absolute atomic E-state index is 10.7. The summed E-state index contributed by atoms with van der Waals surface area (Å²) in [5, 5.41) is 30.4. The van der Waals surface area contributed by atoms with Gasteiger partial charge in [0.2, 0.25) is 5.91 Å². The molecule has 9 heteroatoms. The number of para-hydroxylation sites is 1. The number of benzene rings is 1. The Hall–Kier alpha value is -2.65. The summed E-state index contributed by atoms with van der Waals surface area (Å²) in [5.74, 6) is -2.49. The number of aliphatic carboxylic acids is 2. The Kier molecular flexibility index (Phi) is 12.2. The van der Waals surface area contributed by atoms with E-state index >= 15 is 0 Å². The van der Waals surface area contributed by atoms with Crippen molar-refractivity contribution in [1.82, 2.24) is 10.6 Å². The smallest absolute Gasteiger partial charge is 0.414 e. The molecule has 0 fully saturated rings. The van der Waals surface area contributed by atoms with Crippen LogP contribution >= 0.6 is 0 Å². The van der Waals surface area contributed by atoms with E-state index < -0.39 is 18.0 Å². The summed E-state index contributed by atoms with van der Waals surface area (Å²) in [6.45, 7) is 7.57. The number of hydrogen-bond acceptors (Lipinski definition) is 6. The fraction of sp³-hybridized carbons (Fsp3) is 0.500. The van der Waals surface area contributed by atoms with E-state index in [-0.39, 0.29) is 12.5 Å². The highest BCUT2D eigenvalue weighted by Gasteiger charge is 2.09. The van der Waals surface area contributed by atoms with E-state index in [0.717, 1.165) is 11.3 Å². The second-order valence-electron chi connectivity index (χ2n) is 5.95. The van der Waals surface area contributed by atoms with Gasteiger partial charge in [-0.25, -0.2) is 9.59 Å². The number of amides is 1. The molecule has 0 radical (unpaired) electrons. The third-order valence-corrected chi connectivity index (χ3v) is 3.21. The SMILES string of the molecule is CC(=O)NCCNCC(O)COc1ccccc1C(C)C.O=C(O)C(=O)O. The Morgan fingerprint density at radius 1 is 1.07 bits per heavy atom. The average Bonchev–Trinajstić information content (AvgIpc) is 2.60. The first-order chi connectivity index (χ1) is 12.6. The van der Waals surface area contributed by atoms with Gasteiger partial charge in [-0.3, -0.25) is 4.79 Å². The van der Waals surface area contributed by atoms with Crippen LogP contribution in [0.3, 0.4) is 0 Å². The van der Waals surface area contributed by atoms with Crippen molar-refractivity contribution in [3.63, 3.8) is 0 Å². The van der Waals surface area contributed by atoms with Crippen molar-refractivity contribution in [1.29, 1.82) is 0 Å². The quantitative estimate of drug-likeness (QED) is 0.304. The van der Waals surface area contributed by atoms with Crippen LogP contribution in [0.2, 0.25) is 0 Å². The highest BCUT2D eigenvalue weighted by molar-refractivity contribution is 6.27. The van der Waals surface area contributed by atoms with Crippen LogP contribution in [-0.2, 0) is 14.4 Å². The van der Waals surface area contributed by atoms with Crippen molar-refractivity contribution in [3.8, 4) is 5.75 Å². The molecule has 0 aromatic heterocycles. The van der Waals surface area contributed by atoms with E-state index in [2.05, 4.69) is 24.5 Å². The zero-order valence-corrected chi connectivity index (χ0v) is 15.8. The molecule has 0 aliphatic carbocycles. The van der Waals surface area contributed by atoms with Crippen LogP contribution < -0.4 is 15.4 Å². The molecule has 9 nitrogen and oxygen atoms in total. The van der Waals surface area contributed by atoms with Gasteiger partial charge in [0.25, 0.3) is 0 Å². The largest absolute Gasteiger partial charge is 0.491 e. The second kappa shape index (κ2) is 13.5. The van der Waals surface area contributed by atoms with Gasteiger partial charge in [0.15, 0.2) is 0 Å². The Bertz CT molecular complexity index is 593. The standard InChI is InChI=1S/C16H26N2O3.C2H2O4/c1-12(2)15-6-4-5-7-16(15)21-11-14(20)10-17-8-9-18-13(3)19;3-1(4)2(5)6/h4-7,12,14,17,20H,8-11H2,1-3H3,(H,18,19);(H,3,4)(H,5,6). The first-order valence-electron chi connectivity index (χ1n) is 8.46. The Morgan fingerprint density at radius 2 is 1.67 bits per heavy atom. The summed E-state index contributed by atoms with van der Waals surface area (Å²) in [6, 6.07) is 7.88. The van der Waals surface area contributed by atoms with Gasteiger partial charge in [-0.15, -0.1) is 0 Å². The first-order valence-corrected chi connectivity index (χ1v) is 8.46. The van der Waals surface area contributed by atoms with Crippen molar-refractivity contribution < 1.29 is 34.4 Å². The van der Waals surface area contributed by atoms with Crippen molar-refractivity contribution in [2.24, 2.45) is 0 Å². The van der Waals surface area contributed by atoms with Gasteiger partial charge in [-0.05, 0) is 17.5 Å². The van der Waals surface area contributed by atoms with Gasteiger partial charge in [-0.1, -0.05) is 32.0 Å². The van der Waals surface area contributed by atoms with E-state index in [1.54, 1.807) is 0 Å². The number of carbonyl (C=O) groups excluding carboxylic acids is 1. The van der Waals surface area contributed by atoms with Crippen molar-refractivity contribution >= 4 is 17.8 Å². The van der Waals surface area contributed by atoms with Crippen molar-refractivity contribution in [3.05, 3.63) is 29.8 Å². The fourth-order valence-corrected chi connectivity index (χ4v) is 1.93. The molecule has 0 aliphatic heterocycles. The van der Waals surface area contributed by atoms with Crippen LogP contribution in [0, 0.1) is 0 Å². The monoisotopic (exact) mass is 384 g/mol. The molecule has 1 unspecified atom stereocenters. The summed E-state index contributed by atoms with van der Waals surface area (Å²) in [6.07, 6.45) is -0.581. The number of carboxylic acid groups (broad SMARTS) is 2. The average molecular weight is 384 g/mol. The summed E-state index contributed by atoms with van der Waals surface area (Å²) >= 11 is 0. The van der Waals surface area contributed by atoms with Gasteiger partial charge in [0.05, 0.1) is 0 Å². The minimum atomic E-state index is -1.82. The van der Waals surface area contributed by atoms with E-state index in [9.17, 15) is 9.90 Å². The molecule has 1 aromatic carbocycles. The number of aliphatic hydroxyl groups excluding tert-OH is 1. The van der Waals surface area contributed by atoms with E-state index in [4.69, 9.17) is 24.5 Å². The van der Waals surface area contributed by atoms with Gasteiger partial charge in [-0.2, -0.15) is 0 Å². The topological polar surface area (TPSA) is 145 Å². The molecule has 5 N–H and O–H groups in total. The number of carbonyl (C=O) groups is 3. The van der Waals surface area contributed by atoms with Crippen LogP contribution in [0.15, 0.2) is 24.3 Å². The third kappa shape index (κ3) is 12.4. The first kappa shape index (κ1) is 24.4. The van der Waals surface area contributed by atoms with Crippen LogP contribution in [0.5, 0.6) is 5.75 Å². The number of nitrogens with one attached hydrogen (secondary N) is 2. The predicted octanol–water partition coefficient (Wildman–Crippen LogP) is 0.431. The lowest BCUT2D eigenvalue weighted by Crippen LogP contribution is -2.36. The highest BCUT2D eigenvalue weighted by atomic mass is 16.5. The molecule has 1 rings (SSSR count). The molecule has 0 spiro atoms. The highest BCUT2D eigenvalue weighted by Crippen LogP contribution is 2.25. The second-order valence-corrected chi connectivity index (χ2v) is 5.95. The minimum Gasteiger partial charge on any atom is -0.491 e. The molecule has 27 heavy (non-hydrogen) atoms. The number of aliphatic hydroxyl groups is 1. The molecule has 0 saturated carbocycles. The molecular weight excluding hydrogens is 356 g/mol. The normalized spacial score (nSPS) is 11.1. The summed E-state index contributed by atoms with van der Waals surface area (Å²) in [4.78, 5) is 28.9. The fourth-order valence-electron chi connectivity index (χ4n) is 1.93. The molecule has 0 aliphatic rings. The lowest BCUT2D eigenvalue weighted by molar-refractivity contribution is -0.159. The molecule has 1 aromatic rings. The van der Waals surface area contributed by atoms with Gasteiger partial charge in [0.1, 0.15) is 18.5 Å². The van der Waals surface area contributed by atoms with Gasteiger partial charge in [0, 0.05) is 26.6 Å². The predicted molar refractivity (Wildman–Crippen MR) is 98.9 cm³/mol. The van der Waals surface area contributed by atoms with Gasteiger partial charge < -0.3 is 30.7 Å². The molecule has 0 saturated heterocycles. The van der Waals surface area contributed by atoms with Crippen LogP contribution in [0.1, 0.15) is 32.3 Å². The van der Waals surface area contributed by atoms with Crippen LogP contribution in [0.25, 0.3) is 0 Å². The summed E-state index contributed by atoms with van der Waals surface area (Å²) in [7, 11) is 0. The molecular formula is C18H28N2O7. The number of rotatable bonds is 9. The zero-order valence-electron chi connectivity index (χ0n) is 15.8. The third-order valence-electron chi connectivity index (χ3n) is 3.21. The van der Waals surface area contributed by atoms with Crippen LogP contribution in [0.4, 0.5) is 0 Å². The zero-order chi connectivity index (χ0) is 20.8. The Labute approximate surface area is 158 Å². The number of ether oxygens (including phenoxy) is 1. The van der Waals surface area contributed by atoms with E-state index in [1.807, 2.05) is 24.3 Å². The van der Waals surface area contributed by atoms with Crippen molar-refractivity contribution in [2.75, 3.05) is 26.2 Å². The Balaban J connectivity index is 0.000000972. The summed E-state index contributed by atoms with van der Waals surface area (Å²) in [5.41, 5.74) is 1.14. The number of hydrogen-bond donors (Lipinski definition) is 5. The molecule has 152 valence electrons.